The molecule has 0 aliphatic heterocycles. The second kappa shape index (κ2) is 9.98. The van der Waals surface area contributed by atoms with Gasteiger partial charge in [0.1, 0.15) is 5.82 Å². The van der Waals surface area contributed by atoms with Crippen LogP contribution in [0.2, 0.25) is 0 Å². The van der Waals surface area contributed by atoms with Crippen molar-refractivity contribution in [2.75, 3.05) is 13.7 Å². The molecular weight excluding hydrogens is 444 g/mol. The summed E-state index contributed by atoms with van der Waals surface area (Å²) < 4.78 is 6.93. The number of rotatable bonds is 9. The van der Waals surface area contributed by atoms with Crippen molar-refractivity contribution in [1.29, 1.82) is 0 Å². The van der Waals surface area contributed by atoms with Gasteiger partial charge in [0.25, 0.3) is 0 Å². The fourth-order valence-corrected chi connectivity index (χ4v) is 4.31. The summed E-state index contributed by atoms with van der Waals surface area (Å²) in [7, 11) is 1.65. The lowest BCUT2D eigenvalue weighted by atomic mass is 9.96. The van der Waals surface area contributed by atoms with Crippen molar-refractivity contribution in [2.45, 2.75) is 32.6 Å². The van der Waals surface area contributed by atoms with E-state index in [0.717, 1.165) is 52.2 Å². The standard InChI is InChI=1S/C25H26N8O2/c1-3-6-21-20(24-27-25(34)30-33(24)22(26-21)13-14-35-2)15-16-9-11-17(12-10-16)18-7-4-5-8-19(18)23-28-31-32-29-23/h4-5,7-12H,3,6,13-15H2,1-2H3,(H,30,34)(H,28,29,31,32). The highest BCUT2D eigenvalue weighted by molar-refractivity contribution is 5.80. The number of nitrogens with one attached hydrogen (secondary N) is 2. The fourth-order valence-electron chi connectivity index (χ4n) is 4.31. The highest BCUT2D eigenvalue weighted by Gasteiger charge is 2.17. The molecule has 0 spiro atoms. The Kier molecular flexibility index (Phi) is 6.44. The number of hydrogen-bond acceptors (Lipinski definition) is 7. The molecule has 0 amide bonds. The van der Waals surface area contributed by atoms with Gasteiger partial charge in [-0.2, -0.15) is 10.2 Å². The van der Waals surface area contributed by atoms with E-state index in [-0.39, 0.29) is 5.69 Å². The van der Waals surface area contributed by atoms with Gasteiger partial charge in [-0.15, -0.1) is 10.2 Å². The Morgan fingerprint density at radius 1 is 1.00 bits per heavy atom. The summed E-state index contributed by atoms with van der Waals surface area (Å²) in [6, 6.07) is 16.3. The van der Waals surface area contributed by atoms with Gasteiger partial charge in [0, 0.05) is 36.8 Å². The molecule has 0 aliphatic carbocycles. The van der Waals surface area contributed by atoms with Crippen molar-refractivity contribution in [3.05, 3.63) is 81.7 Å². The lowest BCUT2D eigenvalue weighted by Gasteiger charge is -2.14. The minimum absolute atomic E-state index is 0.381. The first-order valence-corrected chi connectivity index (χ1v) is 11.6. The van der Waals surface area contributed by atoms with Crippen LogP contribution < -0.4 is 5.69 Å². The van der Waals surface area contributed by atoms with Crippen molar-refractivity contribution < 1.29 is 4.74 Å². The molecule has 10 heteroatoms. The Balaban J connectivity index is 1.51. The molecule has 0 aliphatic rings. The van der Waals surface area contributed by atoms with Crippen LogP contribution in [0.15, 0.2) is 53.3 Å². The van der Waals surface area contributed by atoms with Crippen LogP contribution in [0.4, 0.5) is 0 Å². The smallest absolute Gasteiger partial charge is 0.362 e. The monoisotopic (exact) mass is 470 g/mol. The normalized spacial score (nSPS) is 11.4. The Labute approximate surface area is 201 Å². The molecule has 5 aromatic rings. The van der Waals surface area contributed by atoms with E-state index < -0.39 is 0 Å². The number of hydrogen-bond donors (Lipinski definition) is 2. The lowest BCUT2D eigenvalue weighted by Crippen LogP contribution is -2.13. The summed E-state index contributed by atoms with van der Waals surface area (Å²) >= 11 is 0. The highest BCUT2D eigenvalue weighted by Crippen LogP contribution is 2.30. The first-order valence-electron chi connectivity index (χ1n) is 11.6. The van der Waals surface area contributed by atoms with E-state index in [9.17, 15) is 4.79 Å². The molecule has 0 unspecified atom stereocenters. The zero-order valence-electron chi connectivity index (χ0n) is 19.7. The summed E-state index contributed by atoms with van der Waals surface area (Å²) in [6.07, 6.45) is 2.96. The van der Waals surface area contributed by atoms with E-state index in [0.29, 0.717) is 30.9 Å². The number of tetrazole rings is 1. The van der Waals surface area contributed by atoms with Crippen LogP contribution in [0.1, 0.15) is 36.0 Å². The average Bonchev–Trinajstić information content (AvgIpc) is 3.55. The van der Waals surface area contributed by atoms with Gasteiger partial charge < -0.3 is 4.74 Å². The van der Waals surface area contributed by atoms with Crippen molar-refractivity contribution in [3.63, 3.8) is 0 Å². The molecule has 35 heavy (non-hydrogen) atoms. The largest absolute Gasteiger partial charge is 0.384 e. The zero-order chi connectivity index (χ0) is 24.2. The van der Waals surface area contributed by atoms with E-state index in [1.54, 1.807) is 11.6 Å². The van der Waals surface area contributed by atoms with Crippen LogP contribution >= 0.6 is 0 Å². The summed E-state index contributed by atoms with van der Waals surface area (Å²) in [5.41, 5.74) is 6.28. The first-order chi connectivity index (χ1) is 17.2. The molecule has 0 bridgehead atoms. The molecule has 2 aromatic carbocycles. The molecule has 3 aromatic heterocycles. The van der Waals surface area contributed by atoms with Gasteiger partial charge in [-0.3, -0.25) is 0 Å². The van der Waals surface area contributed by atoms with Crippen molar-refractivity contribution in [3.8, 4) is 22.5 Å². The van der Waals surface area contributed by atoms with Gasteiger partial charge in [-0.25, -0.2) is 19.4 Å². The van der Waals surface area contributed by atoms with Crippen molar-refractivity contribution >= 4 is 5.65 Å². The van der Waals surface area contributed by atoms with Crippen LogP contribution in [0.5, 0.6) is 0 Å². The van der Waals surface area contributed by atoms with Crippen LogP contribution in [-0.4, -0.2) is 53.9 Å². The number of fused-ring (bicyclic) bond motifs is 1. The topological polar surface area (TPSA) is 127 Å². The minimum atomic E-state index is -0.381. The Bertz CT molecular complexity index is 1490. The van der Waals surface area contributed by atoms with E-state index in [1.165, 1.54) is 0 Å². The summed E-state index contributed by atoms with van der Waals surface area (Å²) in [6.45, 7) is 2.64. The SMILES string of the molecule is CCCc1nc(CCOC)n2[nH]c(=O)nc2c1Cc1ccc(-c2ccccc2-c2nn[nH]n2)cc1. The third kappa shape index (κ3) is 4.60. The lowest BCUT2D eigenvalue weighted by molar-refractivity contribution is 0.200. The van der Waals surface area contributed by atoms with Gasteiger partial charge in [-0.05, 0) is 28.3 Å². The van der Waals surface area contributed by atoms with E-state index in [4.69, 9.17) is 9.72 Å². The van der Waals surface area contributed by atoms with Crippen molar-refractivity contribution in [2.24, 2.45) is 0 Å². The van der Waals surface area contributed by atoms with Crippen LogP contribution in [0, 0.1) is 0 Å². The van der Waals surface area contributed by atoms with Gasteiger partial charge in [0.05, 0.1) is 6.61 Å². The number of ether oxygens (including phenoxy) is 1. The zero-order valence-corrected chi connectivity index (χ0v) is 19.7. The highest BCUT2D eigenvalue weighted by atomic mass is 16.5. The quantitative estimate of drug-likeness (QED) is 0.339. The summed E-state index contributed by atoms with van der Waals surface area (Å²) in [4.78, 5) is 21.3. The molecule has 0 saturated heterocycles. The summed E-state index contributed by atoms with van der Waals surface area (Å²) in [5.74, 6) is 1.30. The molecule has 2 N–H and O–H groups in total. The number of nitrogens with zero attached hydrogens (tertiary/aromatic N) is 6. The first kappa shape index (κ1) is 22.6. The minimum Gasteiger partial charge on any atom is -0.384 e. The van der Waals surface area contributed by atoms with Gasteiger partial charge in [-0.1, -0.05) is 61.9 Å². The van der Waals surface area contributed by atoms with Crippen LogP contribution in [-0.2, 0) is 24.0 Å². The number of benzene rings is 2. The van der Waals surface area contributed by atoms with E-state index in [1.807, 2.05) is 24.3 Å². The number of H-pyrrole nitrogens is 2. The molecule has 10 nitrogen and oxygen atoms in total. The van der Waals surface area contributed by atoms with Gasteiger partial charge in [0.2, 0.25) is 5.82 Å². The number of methoxy groups -OCH3 is 1. The number of aromatic amines is 2. The molecule has 178 valence electrons. The molecule has 0 fully saturated rings. The molecule has 0 atom stereocenters. The molecule has 3 heterocycles. The third-order valence-electron chi connectivity index (χ3n) is 5.94. The second-order valence-corrected chi connectivity index (χ2v) is 8.29. The predicted molar refractivity (Wildman–Crippen MR) is 131 cm³/mol. The van der Waals surface area contributed by atoms with Gasteiger partial charge in [0.15, 0.2) is 5.65 Å². The Morgan fingerprint density at radius 2 is 1.80 bits per heavy atom. The fraction of sp³-hybridized carbons (Fsp3) is 0.280. The molecular formula is C25H26N8O2. The maximum Gasteiger partial charge on any atom is 0.362 e. The third-order valence-corrected chi connectivity index (χ3v) is 5.94. The predicted octanol–water partition coefficient (Wildman–Crippen LogP) is 3.00. The van der Waals surface area contributed by atoms with Crippen LogP contribution in [0.3, 0.4) is 0 Å². The van der Waals surface area contributed by atoms with Crippen molar-refractivity contribution in [1.82, 2.24) is 40.2 Å². The van der Waals surface area contributed by atoms with E-state index >= 15 is 0 Å². The summed E-state index contributed by atoms with van der Waals surface area (Å²) in [5, 5.41) is 17.3. The Morgan fingerprint density at radius 3 is 2.51 bits per heavy atom. The molecule has 0 radical (unpaired) electrons. The van der Waals surface area contributed by atoms with Crippen LogP contribution in [0.25, 0.3) is 28.2 Å². The second-order valence-electron chi connectivity index (χ2n) is 8.29. The maximum atomic E-state index is 12.2. The molecule has 0 saturated carbocycles. The Hall–Kier alpha value is -4.18. The average molecular weight is 471 g/mol. The maximum absolute atomic E-state index is 12.2. The molecule has 5 rings (SSSR count). The van der Waals surface area contributed by atoms with Gasteiger partial charge >= 0.3 is 5.69 Å². The van der Waals surface area contributed by atoms with E-state index in [2.05, 4.69) is 61.9 Å². The number of aryl methyl sites for hydroxylation is 1. The number of aromatic nitrogens is 8.